The normalized spacial score (nSPS) is 11.4. The highest BCUT2D eigenvalue weighted by Crippen LogP contribution is 2.28. The quantitative estimate of drug-likeness (QED) is 0.626. The summed E-state index contributed by atoms with van der Waals surface area (Å²) in [6.07, 6.45) is 0. The lowest BCUT2D eigenvalue weighted by molar-refractivity contribution is -0.117. The molecule has 0 aliphatic rings. The number of fused-ring (bicyclic) bond motifs is 1. The van der Waals surface area contributed by atoms with Crippen LogP contribution in [-0.2, 0) is 11.3 Å². The number of hydrogen-bond acceptors (Lipinski definition) is 6. The van der Waals surface area contributed by atoms with Crippen molar-refractivity contribution in [3.63, 3.8) is 0 Å². The molecule has 0 bridgehead atoms. The Morgan fingerprint density at radius 1 is 1.28 bits per heavy atom. The zero-order valence-electron chi connectivity index (χ0n) is 16.1. The standard InChI is InChI=1S/C19H20F2N4O4/c1-10-15-11(2)28-18(16(15)17(27)24-23-10)22-14(26)9-25(3)8-12-4-6-13(7-5-12)29-19(20)21/h4-7,19H,8-9H2,1-3H3,(H,22,26)(H,24,27). The Balaban J connectivity index is 1.64. The Bertz CT molecular complexity index is 1080. The van der Waals surface area contributed by atoms with Gasteiger partial charge >= 0.3 is 6.61 Å². The van der Waals surface area contributed by atoms with E-state index in [9.17, 15) is 18.4 Å². The van der Waals surface area contributed by atoms with Crippen molar-refractivity contribution in [3.05, 3.63) is 51.6 Å². The van der Waals surface area contributed by atoms with Gasteiger partial charge in [0.05, 0.1) is 17.6 Å². The number of rotatable bonds is 7. The van der Waals surface area contributed by atoms with Crippen molar-refractivity contribution in [1.82, 2.24) is 15.1 Å². The number of aromatic amines is 1. The summed E-state index contributed by atoms with van der Waals surface area (Å²) in [4.78, 5) is 26.2. The number of ether oxygens (including phenoxy) is 1. The maximum absolute atomic E-state index is 12.4. The molecule has 0 atom stereocenters. The SMILES string of the molecule is Cc1n[nH]c(=O)c2c(NC(=O)CN(C)Cc3ccc(OC(F)F)cc3)oc(C)c12. The fourth-order valence-corrected chi connectivity index (χ4v) is 3.09. The molecule has 0 aliphatic carbocycles. The highest BCUT2D eigenvalue weighted by molar-refractivity contribution is 6.01. The third-order valence-electron chi connectivity index (χ3n) is 4.27. The minimum atomic E-state index is -2.87. The molecule has 3 rings (SSSR count). The number of benzene rings is 1. The number of carbonyl (C=O) groups excluding carboxylic acids is 1. The fourth-order valence-electron chi connectivity index (χ4n) is 3.09. The smallest absolute Gasteiger partial charge is 0.387 e. The number of nitrogens with zero attached hydrogens (tertiary/aromatic N) is 2. The number of aromatic nitrogens is 2. The fraction of sp³-hybridized carbons (Fsp3) is 0.316. The van der Waals surface area contributed by atoms with Gasteiger partial charge < -0.3 is 9.15 Å². The second-order valence-electron chi connectivity index (χ2n) is 6.62. The van der Waals surface area contributed by atoms with Gasteiger partial charge in [-0.2, -0.15) is 13.9 Å². The summed E-state index contributed by atoms with van der Waals surface area (Å²) in [5.41, 5.74) is 0.967. The molecule has 29 heavy (non-hydrogen) atoms. The third kappa shape index (κ3) is 4.77. The molecule has 2 heterocycles. The Morgan fingerprint density at radius 3 is 2.62 bits per heavy atom. The molecule has 0 spiro atoms. The van der Waals surface area contributed by atoms with E-state index in [1.54, 1.807) is 37.9 Å². The van der Waals surface area contributed by atoms with E-state index in [-0.39, 0.29) is 29.5 Å². The number of amides is 1. The van der Waals surface area contributed by atoms with Crippen LogP contribution < -0.4 is 15.6 Å². The average Bonchev–Trinajstić information content (AvgIpc) is 2.96. The third-order valence-corrected chi connectivity index (χ3v) is 4.27. The highest BCUT2D eigenvalue weighted by Gasteiger charge is 2.19. The molecule has 154 valence electrons. The number of nitrogens with one attached hydrogen (secondary N) is 2. The molecule has 1 aromatic carbocycles. The molecule has 2 N–H and O–H groups in total. The van der Waals surface area contributed by atoms with Gasteiger partial charge in [0.1, 0.15) is 16.9 Å². The van der Waals surface area contributed by atoms with Gasteiger partial charge in [0, 0.05) is 6.54 Å². The van der Waals surface area contributed by atoms with Crippen molar-refractivity contribution < 1.29 is 22.7 Å². The largest absolute Gasteiger partial charge is 0.444 e. The number of anilines is 1. The molecule has 3 aromatic rings. The van der Waals surface area contributed by atoms with E-state index in [1.807, 2.05) is 0 Å². The molecule has 2 aromatic heterocycles. The van der Waals surface area contributed by atoms with Crippen molar-refractivity contribution in [2.75, 3.05) is 18.9 Å². The monoisotopic (exact) mass is 406 g/mol. The topological polar surface area (TPSA) is 100 Å². The summed E-state index contributed by atoms with van der Waals surface area (Å²) in [6, 6.07) is 6.17. The van der Waals surface area contributed by atoms with Crippen LogP contribution in [0.3, 0.4) is 0 Å². The predicted octanol–water partition coefficient (Wildman–Crippen LogP) is 2.80. The van der Waals surface area contributed by atoms with Crippen molar-refractivity contribution in [2.45, 2.75) is 27.0 Å². The molecule has 8 nitrogen and oxygen atoms in total. The zero-order chi connectivity index (χ0) is 21.1. The molecule has 10 heteroatoms. The van der Waals surface area contributed by atoms with Crippen LogP contribution in [0.1, 0.15) is 17.0 Å². The summed E-state index contributed by atoms with van der Waals surface area (Å²) in [6.45, 7) is 0.986. The van der Waals surface area contributed by atoms with Crippen LogP contribution in [0.2, 0.25) is 0 Å². The van der Waals surface area contributed by atoms with Crippen LogP contribution >= 0.6 is 0 Å². The number of carbonyl (C=O) groups is 1. The number of H-pyrrole nitrogens is 1. The molecular formula is C19H20F2N4O4. The lowest BCUT2D eigenvalue weighted by Crippen LogP contribution is -2.30. The van der Waals surface area contributed by atoms with Gasteiger partial charge in [-0.3, -0.25) is 19.8 Å². The van der Waals surface area contributed by atoms with E-state index in [2.05, 4.69) is 20.3 Å². The molecule has 0 saturated heterocycles. The Morgan fingerprint density at radius 2 is 1.97 bits per heavy atom. The maximum Gasteiger partial charge on any atom is 0.387 e. The second-order valence-corrected chi connectivity index (χ2v) is 6.62. The van der Waals surface area contributed by atoms with E-state index >= 15 is 0 Å². The number of alkyl halides is 2. The number of hydrogen-bond donors (Lipinski definition) is 2. The lowest BCUT2D eigenvalue weighted by Gasteiger charge is -2.16. The van der Waals surface area contributed by atoms with Crippen molar-refractivity contribution in [1.29, 1.82) is 0 Å². The van der Waals surface area contributed by atoms with E-state index in [0.717, 1.165) is 5.56 Å². The summed E-state index contributed by atoms with van der Waals surface area (Å²) in [7, 11) is 1.73. The van der Waals surface area contributed by atoms with Crippen LogP contribution in [-0.4, -0.2) is 41.2 Å². The van der Waals surface area contributed by atoms with Crippen molar-refractivity contribution in [2.24, 2.45) is 0 Å². The first-order valence-corrected chi connectivity index (χ1v) is 8.75. The number of furan rings is 1. The van der Waals surface area contributed by atoms with Gasteiger partial charge in [-0.05, 0) is 38.6 Å². The summed E-state index contributed by atoms with van der Waals surface area (Å²) < 4.78 is 34.2. The van der Waals surface area contributed by atoms with Crippen LogP contribution in [0, 0.1) is 13.8 Å². The minimum Gasteiger partial charge on any atom is -0.444 e. The van der Waals surface area contributed by atoms with Gasteiger partial charge in [-0.15, -0.1) is 0 Å². The first kappa shape index (κ1) is 20.5. The number of aryl methyl sites for hydroxylation is 2. The number of likely N-dealkylation sites (N-methyl/N-ethyl adjacent to an activating group) is 1. The average molecular weight is 406 g/mol. The summed E-state index contributed by atoms with van der Waals surface area (Å²) in [5, 5.41) is 9.73. The Labute approximate surface area is 164 Å². The molecule has 0 unspecified atom stereocenters. The van der Waals surface area contributed by atoms with E-state index in [4.69, 9.17) is 4.42 Å². The molecule has 0 radical (unpaired) electrons. The van der Waals surface area contributed by atoms with Gasteiger partial charge in [0.15, 0.2) is 0 Å². The van der Waals surface area contributed by atoms with E-state index < -0.39 is 12.2 Å². The van der Waals surface area contributed by atoms with Gasteiger partial charge in [0.25, 0.3) is 5.56 Å². The van der Waals surface area contributed by atoms with Crippen molar-refractivity contribution in [3.8, 4) is 5.75 Å². The molecule has 0 fully saturated rings. The minimum absolute atomic E-state index is 0.0263. The van der Waals surface area contributed by atoms with Gasteiger partial charge in [-0.1, -0.05) is 12.1 Å². The van der Waals surface area contributed by atoms with Gasteiger partial charge in [-0.25, -0.2) is 5.10 Å². The highest BCUT2D eigenvalue weighted by atomic mass is 19.3. The van der Waals surface area contributed by atoms with Crippen LogP contribution in [0.25, 0.3) is 10.8 Å². The van der Waals surface area contributed by atoms with Gasteiger partial charge in [0.2, 0.25) is 11.8 Å². The summed E-state index contributed by atoms with van der Waals surface area (Å²) in [5.74, 6) is 0.274. The predicted molar refractivity (Wildman–Crippen MR) is 102 cm³/mol. The van der Waals surface area contributed by atoms with Crippen LogP contribution in [0.5, 0.6) is 5.75 Å². The summed E-state index contributed by atoms with van der Waals surface area (Å²) >= 11 is 0. The molecule has 1 amide bonds. The lowest BCUT2D eigenvalue weighted by atomic mass is 10.2. The first-order chi connectivity index (χ1) is 13.7. The Hall–Kier alpha value is -3.27. The van der Waals surface area contributed by atoms with E-state index in [1.165, 1.54) is 12.1 Å². The molecular weight excluding hydrogens is 386 g/mol. The molecule has 0 aliphatic heterocycles. The maximum atomic E-state index is 12.4. The first-order valence-electron chi connectivity index (χ1n) is 8.75. The second kappa shape index (κ2) is 8.39. The van der Waals surface area contributed by atoms with Crippen LogP contribution in [0.15, 0.2) is 33.5 Å². The number of halogens is 2. The van der Waals surface area contributed by atoms with Crippen LogP contribution in [0.4, 0.5) is 14.7 Å². The Kier molecular flexibility index (Phi) is 5.92. The van der Waals surface area contributed by atoms with Crippen molar-refractivity contribution >= 4 is 22.6 Å². The molecule has 0 saturated carbocycles. The zero-order valence-corrected chi connectivity index (χ0v) is 16.1. The van der Waals surface area contributed by atoms with E-state index in [0.29, 0.717) is 23.4 Å².